The Hall–Kier alpha value is -1.92. The number of nitrogens with zero attached hydrogens (tertiary/aromatic N) is 1. The van der Waals surface area contributed by atoms with Crippen molar-refractivity contribution in [2.45, 2.75) is 88.7 Å². The number of allylic oxidation sites excluding steroid dienone is 1. The van der Waals surface area contributed by atoms with Crippen molar-refractivity contribution in [1.82, 2.24) is 4.90 Å². The van der Waals surface area contributed by atoms with Gasteiger partial charge in [0.25, 0.3) is 14.2 Å². The third-order valence-corrected chi connectivity index (χ3v) is 14.8. The Labute approximate surface area is 234 Å². The Bertz CT molecular complexity index is 1080. The second-order valence-corrected chi connectivity index (χ2v) is 17.4. The fraction of sp³-hybridized carbons (Fsp3) is 0.593. The van der Waals surface area contributed by atoms with Crippen molar-refractivity contribution in [3.63, 3.8) is 0 Å². The Morgan fingerprint density at radius 2 is 1.68 bits per heavy atom. The highest BCUT2D eigenvalue weighted by Gasteiger charge is 2.56. The van der Waals surface area contributed by atoms with Crippen LogP contribution in [0, 0.1) is 3.57 Å². The van der Waals surface area contributed by atoms with Gasteiger partial charge >= 0.3 is 5.97 Å². The summed E-state index contributed by atoms with van der Waals surface area (Å²) in [6.07, 6.45) is 2.59. The average Bonchev–Trinajstić information content (AvgIpc) is 3.13. The van der Waals surface area contributed by atoms with Crippen LogP contribution in [0.2, 0.25) is 16.6 Å². The molecule has 10 heteroatoms. The molecule has 1 aromatic rings. The number of ether oxygens (including phenoxy) is 2. The van der Waals surface area contributed by atoms with Crippen LogP contribution in [0.15, 0.2) is 24.3 Å². The molecule has 1 aliphatic heterocycles. The third-order valence-electron chi connectivity index (χ3n) is 7.91. The van der Waals surface area contributed by atoms with E-state index in [4.69, 9.17) is 13.9 Å². The van der Waals surface area contributed by atoms with E-state index in [9.17, 15) is 19.5 Å². The van der Waals surface area contributed by atoms with E-state index >= 15 is 0 Å². The zero-order chi connectivity index (χ0) is 27.9. The molecule has 1 amide bonds. The van der Waals surface area contributed by atoms with Gasteiger partial charge in [-0.05, 0) is 63.5 Å². The number of esters is 1. The molecule has 0 radical (unpaired) electrons. The van der Waals surface area contributed by atoms with Crippen LogP contribution in [0.5, 0.6) is 11.5 Å². The summed E-state index contributed by atoms with van der Waals surface area (Å²) in [6, 6.07) is 1.54. The summed E-state index contributed by atoms with van der Waals surface area (Å²) in [6.45, 7) is 13.1. The fourth-order valence-corrected chi connectivity index (χ4v) is 12.1. The van der Waals surface area contributed by atoms with E-state index in [-0.39, 0.29) is 18.6 Å². The molecule has 0 bridgehead atoms. The van der Waals surface area contributed by atoms with Crippen molar-refractivity contribution in [2.75, 3.05) is 14.2 Å². The van der Waals surface area contributed by atoms with Gasteiger partial charge in [-0.1, -0.05) is 41.5 Å². The normalized spacial score (nSPS) is 23.6. The smallest absolute Gasteiger partial charge is 0.328 e. The van der Waals surface area contributed by atoms with E-state index < -0.39 is 37.9 Å². The lowest BCUT2D eigenvalue weighted by Crippen LogP contribution is -2.51. The van der Waals surface area contributed by atoms with Crippen LogP contribution in [0.1, 0.15) is 64.7 Å². The molecule has 1 aromatic carbocycles. The predicted octanol–water partition coefficient (Wildman–Crippen LogP) is 4.87. The minimum Gasteiger partial charge on any atom is -0.540 e. The molecular formula is C27H38INO7Si. The van der Waals surface area contributed by atoms with Crippen LogP contribution >= 0.6 is 22.6 Å². The molecule has 204 valence electrons. The number of hydrogen-bond acceptors (Lipinski definition) is 7. The Balaban J connectivity index is 2.14. The first-order chi connectivity index (χ1) is 17.2. The molecule has 0 spiro atoms. The van der Waals surface area contributed by atoms with Crippen LogP contribution in [0.4, 0.5) is 0 Å². The Kier molecular flexibility index (Phi) is 8.85. The number of amides is 1. The summed E-state index contributed by atoms with van der Waals surface area (Å²) in [7, 11) is 0.427. The molecule has 1 N–H and O–H groups in total. The van der Waals surface area contributed by atoms with Gasteiger partial charge in [0.1, 0.15) is 17.4 Å². The number of hydrogen-bond donors (Lipinski definition) is 1. The summed E-state index contributed by atoms with van der Waals surface area (Å²) in [5.41, 5.74) is -0.279. The van der Waals surface area contributed by atoms with E-state index in [0.29, 0.717) is 37.3 Å². The molecule has 8 nitrogen and oxygen atoms in total. The zero-order valence-electron chi connectivity index (χ0n) is 22.8. The number of rotatable bonds is 8. The Morgan fingerprint density at radius 3 is 2.19 bits per heavy atom. The van der Waals surface area contributed by atoms with Crippen molar-refractivity contribution in [1.29, 1.82) is 0 Å². The predicted molar refractivity (Wildman–Crippen MR) is 151 cm³/mol. The van der Waals surface area contributed by atoms with Gasteiger partial charge in [-0.2, -0.15) is 0 Å². The van der Waals surface area contributed by atoms with Gasteiger partial charge in [0.05, 0.1) is 25.8 Å². The first kappa shape index (κ1) is 29.6. The number of aliphatic hydroxyl groups is 1. The second-order valence-electron chi connectivity index (χ2n) is 10.9. The number of fused-ring (bicyclic) bond motifs is 1. The molecule has 1 unspecified atom stereocenters. The van der Waals surface area contributed by atoms with Crippen LogP contribution in [-0.4, -0.2) is 67.9 Å². The summed E-state index contributed by atoms with van der Waals surface area (Å²) in [5, 5.41) is 11.3. The first-order valence-corrected chi connectivity index (χ1v) is 15.9. The highest BCUT2D eigenvalue weighted by atomic mass is 127. The summed E-state index contributed by atoms with van der Waals surface area (Å²) < 4.78 is 18.1. The number of likely N-dealkylation sites (tertiary alicyclic amines) is 1. The monoisotopic (exact) mass is 643 g/mol. The minimum atomic E-state index is -2.38. The maximum Gasteiger partial charge on any atom is 0.328 e. The van der Waals surface area contributed by atoms with Crippen molar-refractivity contribution < 1.29 is 33.4 Å². The van der Waals surface area contributed by atoms with Crippen LogP contribution in [0.3, 0.4) is 0 Å². The summed E-state index contributed by atoms with van der Waals surface area (Å²) in [5.74, 6) is -0.311. The van der Waals surface area contributed by atoms with Gasteiger partial charge in [0, 0.05) is 16.4 Å². The largest absolute Gasteiger partial charge is 0.540 e. The molecule has 0 saturated carbocycles. The lowest BCUT2D eigenvalue weighted by atomic mass is 9.85. The van der Waals surface area contributed by atoms with E-state index in [1.54, 1.807) is 19.2 Å². The van der Waals surface area contributed by atoms with Crippen LogP contribution < -0.4 is 9.16 Å². The van der Waals surface area contributed by atoms with Gasteiger partial charge < -0.3 is 23.9 Å². The molecule has 1 heterocycles. The zero-order valence-corrected chi connectivity index (χ0v) is 26.0. The lowest BCUT2D eigenvalue weighted by Gasteiger charge is -2.42. The van der Waals surface area contributed by atoms with E-state index in [0.717, 1.165) is 0 Å². The third kappa shape index (κ3) is 5.20. The molecule has 3 rings (SSSR count). The highest BCUT2D eigenvalue weighted by molar-refractivity contribution is 14.1. The van der Waals surface area contributed by atoms with E-state index in [1.807, 2.05) is 0 Å². The summed E-state index contributed by atoms with van der Waals surface area (Å²) in [4.78, 5) is 40.4. The van der Waals surface area contributed by atoms with Gasteiger partial charge in [-0.3, -0.25) is 9.59 Å². The van der Waals surface area contributed by atoms with Gasteiger partial charge in [-0.25, -0.2) is 4.79 Å². The van der Waals surface area contributed by atoms with Crippen LogP contribution in [-0.2, 0) is 14.3 Å². The maximum atomic E-state index is 14.1. The first-order valence-electron chi connectivity index (χ1n) is 12.6. The van der Waals surface area contributed by atoms with Gasteiger partial charge in [0.15, 0.2) is 11.5 Å². The second kappa shape index (κ2) is 11.1. The van der Waals surface area contributed by atoms with Crippen LogP contribution in [0.25, 0.3) is 0 Å². The van der Waals surface area contributed by atoms with E-state index in [2.05, 4.69) is 64.1 Å². The number of carbonyl (C=O) groups is 3. The Morgan fingerprint density at radius 1 is 1.08 bits per heavy atom. The maximum absolute atomic E-state index is 14.1. The quantitative estimate of drug-likeness (QED) is 0.245. The topological polar surface area (TPSA) is 102 Å². The SMILES string of the molecule is COC(=O)[C@@H]1C[C@@]2(O)C=CC(=O)CC2N1C(=O)c1cc(O[Si](C(C)C)(C(C)C)C(C)C)c(OC)cc1I. The number of carbonyl (C=O) groups excluding carboxylic acids is 3. The fourth-order valence-electron chi connectivity index (χ4n) is 6.19. The molecule has 37 heavy (non-hydrogen) atoms. The molecule has 0 aromatic heterocycles. The van der Waals surface area contributed by atoms with Crippen molar-refractivity contribution in [3.8, 4) is 11.5 Å². The van der Waals surface area contributed by atoms with E-state index in [1.165, 1.54) is 24.2 Å². The number of ketones is 1. The van der Waals surface area contributed by atoms with Crippen molar-refractivity contribution in [2.24, 2.45) is 0 Å². The van der Waals surface area contributed by atoms with Gasteiger partial charge in [-0.15, -0.1) is 0 Å². The molecule has 2 aliphatic rings. The van der Waals surface area contributed by atoms with Crippen molar-refractivity contribution in [3.05, 3.63) is 33.4 Å². The highest BCUT2D eigenvalue weighted by Crippen LogP contribution is 2.46. The standard InChI is InChI=1S/C27H38INO7Si/c1-15(2)37(16(3)4,17(5)6)36-23-12-19(20(28)13-22(23)34-7)25(31)29-21(26(32)35-8)14-27(33)10-9-18(30)11-24(27)29/h9-10,12-13,15-17,21,24,33H,11,14H2,1-8H3/t21-,24?,27-/m0/s1. The molecule has 1 fully saturated rings. The van der Waals surface area contributed by atoms with Crippen molar-refractivity contribution >= 4 is 48.6 Å². The minimum absolute atomic E-state index is 0.0416. The molecular weight excluding hydrogens is 605 g/mol. The van der Waals surface area contributed by atoms with Gasteiger partial charge in [0.2, 0.25) is 0 Å². The molecule has 1 saturated heterocycles. The summed E-state index contributed by atoms with van der Waals surface area (Å²) >= 11 is 2.06. The number of benzene rings is 1. The average molecular weight is 644 g/mol. The molecule has 3 atom stereocenters. The number of methoxy groups -OCH3 is 2. The molecule has 1 aliphatic carbocycles. The lowest BCUT2D eigenvalue weighted by molar-refractivity contribution is -0.145. The number of halogens is 1.